The number of fused-ring (bicyclic) bond motifs is 5. The molecule has 4 heteroatoms. The Balaban J connectivity index is 1.73. The Hall–Kier alpha value is -1.10. The average Bonchev–Trinajstić information content (AvgIpc) is 3.14. The summed E-state index contributed by atoms with van der Waals surface area (Å²) in [5.41, 5.74) is 2.79. The maximum Gasteiger partial charge on any atom is 0.495 e. The molecule has 3 heterocycles. The lowest BCUT2D eigenvalue weighted by molar-refractivity contribution is -0.00986. The molecule has 0 amide bonds. The molecular formula is C20H27BO3. The van der Waals surface area contributed by atoms with Crippen LogP contribution in [0.1, 0.15) is 71.1 Å². The van der Waals surface area contributed by atoms with Gasteiger partial charge in [-0.2, -0.15) is 0 Å². The van der Waals surface area contributed by atoms with Crippen LogP contribution in [0.25, 0.3) is 0 Å². The van der Waals surface area contributed by atoms with Crippen molar-refractivity contribution in [3.63, 3.8) is 0 Å². The van der Waals surface area contributed by atoms with E-state index in [0.717, 1.165) is 18.3 Å². The van der Waals surface area contributed by atoms with Gasteiger partial charge in [0.25, 0.3) is 0 Å². The van der Waals surface area contributed by atoms with Gasteiger partial charge in [0.05, 0.1) is 11.2 Å². The van der Waals surface area contributed by atoms with Crippen LogP contribution in [0.3, 0.4) is 0 Å². The van der Waals surface area contributed by atoms with Crippen molar-refractivity contribution in [3.8, 4) is 0 Å². The topological polar surface area (TPSA) is 27.7 Å². The van der Waals surface area contributed by atoms with Crippen LogP contribution in [0.5, 0.6) is 0 Å². The Morgan fingerprint density at radius 2 is 1.79 bits per heavy atom. The first-order valence-corrected chi connectivity index (χ1v) is 9.16. The summed E-state index contributed by atoms with van der Waals surface area (Å²) >= 11 is 0. The minimum atomic E-state index is -0.329. The summed E-state index contributed by atoms with van der Waals surface area (Å²) in [5, 5.41) is 0. The van der Waals surface area contributed by atoms with Crippen molar-refractivity contribution < 1.29 is 14.0 Å². The number of rotatable bonds is 4. The Morgan fingerprint density at radius 3 is 2.46 bits per heavy atom. The average molecular weight is 326 g/mol. The Morgan fingerprint density at radius 1 is 1.08 bits per heavy atom. The van der Waals surface area contributed by atoms with Crippen molar-refractivity contribution in [2.75, 3.05) is 0 Å². The number of benzene rings is 1. The summed E-state index contributed by atoms with van der Waals surface area (Å²) in [6.07, 6.45) is 7.87. The highest BCUT2D eigenvalue weighted by Crippen LogP contribution is 2.52. The zero-order chi connectivity index (χ0) is 17.2. The van der Waals surface area contributed by atoms with Gasteiger partial charge in [-0.25, -0.2) is 0 Å². The van der Waals surface area contributed by atoms with E-state index in [2.05, 4.69) is 65.0 Å². The number of hydrogen-bond donors (Lipinski definition) is 0. The summed E-state index contributed by atoms with van der Waals surface area (Å²) in [6.45, 7) is 10.6. The fourth-order valence-electron chi connectivity index (χ4n) is 4.02. The highest BCUT2D eigenvalue weighted by Gasteiger charge is 2.55. The van der Waals surface area contributed by atoms with Crippen molar-refractivity contribution in [1.82, 2.24) is 0 Å². The molecule has 2 atom stereocenters. The lowest BCUT2D eigenvalue weighted by Crippen LogP contribution is -2.41. The molecule has 1 fully saturated rings. The van der Waals surface area contributed by atoms with E-state index in [0.29, 0.717) is 0 Å². The number of hydrogen-bond acceptors (Lipinski definition) is 3. The molecule has 24 heavy (non-hydrogen) atoms. The van der Waals surface area contributed by atoms with Gasteiger partial charge in [-0.15, -0.1) is 0 Å². The number of ether oxygens (including phenoxy) is 1. The lowest BCUT2D eigenvalue weighted by atomic mass is 9.70. The van der Waals surface area contributed by atoms with E-state index < -0.39 is 0 Å². The standard InChI is InChI=1S/C20H27BO3/c1-6-7-12-20-13-11-16(22-20)17-14(20)9-8-10-15(17)21-23-18(2,3)19(4,5)24-21/h8-11,13,16H,6-7,12H2,1-5H3. The molecule has 0 spiro atoms. The van der Waals surface area contributed by atoms with Crippen LogP contribution in [-0.2, 0) is 19.6 Å². The van der Waals surface area contributed by atoms with E-state index >= 15 is 0 Å². The summed E-state index contributed by atoms with van der Waals surface area (Å²) in [4.78, 5) is 0. The molecule has 0 saturated carbocycles. The second-order valence-electron chi connectivity index (χ2n) is 8.29. The Kier molecular flexibility index (Phi) is 3.55. The van der Waals surface area contributed by atoms with Gasteiger partial charge in [-0.05, 0) is 56.8 Å². The van der Waals surface area contributed by atoms with Crippen LogP contribution >= 0.6 is 0 Å². The zero-order valence-electron chi connectivity index (χ0n) is 15.4. The molecule has 2 bridgehead atoms. The van der Waals surface area contributed by atoms with E-state index in [1.165, 1.54) is 17.5 Å². The lowest BCUT2D eigenvalue weighted by Gasteiger charge is -2.32. The highest BCUT2D eigenvalue weighted by atomic mass is 16.7. The first-order valence-electron chi connectivity index (χ1n) is 9.16. The molecule has 0 N–H and O–H groups in total. The molecule has 1 aromatic carbocycles. The summed E-state index contributed by atoms with van der Waals surface area (Å²) < 4.78 is 19.0. The van der Waals surface area contributed by atoms with Gasteiger partial charge >= 0.3 is 7.12 Å². The molecule has 4 rings (SSSR count). The SMILES string of the molecule is CCCCC12C=CC(O1)c1c(B3OC(C)(C)C(C)(C)O3)cccc12. The van der Waals surface area contributed by atoms with Crippen LogP contribution in [0.4, 0.5) is 0 Å². The molecule has 1 aromatic rings. The maximum absolute atomic E-state index is 6.41. The van der Waals surface area contributed by atoms with Gasteiger partial charge in [0, 0.05) is 0 Å². The van der Waals surface area contributed by atoms with Gasteiger partial charge in [0.2, 0.25) is 0 Å². The van der Waals surface area contributed by atoms with Crippen LogP contribution in [-0.4, -0.2) is 18.3 Å². The normalized spacial score (nSPS) is 31.7. The molecule has 3 aliphatic heterocycles. The van der Waals surface area contributed by atoms with Crippen molar-refractivity contribution in [2.24, 2.45) is 0 Å². The van der Waals surface area contributed by atoms with Gasteiger partial charge < -0.3 is 14.0 Å². The van der Waals surface area contributed by atoms with Crippen molar-refractivity contribution >= 4 is 12.6 Å². The number of unbranched alkanes of at least 4 members (excludes halogenated alkanes) is 1. The second-order valence-corrected chi connectivity index (χ2v) is 8.29. The second kappa shape index (κ2) is 5.20. The monoisotopic (exact) mass is 326 g/mol. The van der Waals surface area contributed by atoms with Crippen LogP contribution in [0.2, 0.25) is 0 Å². The van der Waals surface area contributed by atoms with Gasteiger partial charge in [-0.3, -0.25) is 0 Å². The van der Waals surface area contributed by atoms with Crippen LogP contribution in [0.15, 0.2) is 30.4 Å². The first-order chi connectivity index (χ1) is 11.3. The third-order valence-corrected chi connectivity index (χ3v) is 6.17. The van der Waals surface area contributed by atoms with Crippen molar-refractivity contribution in [2.45, 2.75) is 76.8 Å². The van der Waals surface area contributed by atoms with Crippen LogP contribution in [0, 0.1) is 0 Å². The first kappa shape index (κ1) is 16.4. The predicted molar refractivity (Wildman–Crippen MR) is 96.3 cm³/mol. The van der Waals surface area contributed by atoms with E-state index in [9.17, 15) is 0 Å². The molecule has 2 unspecified atom stereocenters. The minimum Gasteiger partial charge on any atom is -0.399 e. The zero-order valence-corrected chi connectivity index (χ0v) is 15.4. The van der Waals surface area contributed by atoms with Gasteiger partial charge in [-0.1, -0.05) is 44.0 Å². The van der Waals surface area contributed by atoms with E-state index in [1.54, 1.807) is 0 Å². The summed E-state index contributed by atoms with van der Waals surface area (Å²) in [7, 11) is -0.329. The molecular weight excluding hydrogens is 299 g/mol. The predicted octanol–water partition coefficient (Wildman–Crippen LogP) is 4.01. The summed E-state index contributed by atoms with van der Waals surface area (Å²) in [5.74, 6) is 0. The summed E-state index contributed by atoms with van der Waals surface area (Å²) in [6, 6.07) is 6.46. The quantitative estimate of drug-likeness (QED) is 0.618. The molecule has 0 aliphatic carbocycles. The molecule has 0 radical (unpaired) electrons. The molecule has 1 saturated heterocycles. The Labute approximate surface area is 145 Å². The minimum absolute atomic E-state index is 0.0343. The highest BCUT2D eigenvalue weighted by molar-refractivity contribution is 6.62. The van der Waals surface area contributed by atoms with Gasteiger partial charge in [0.15, 0.2) is 0 Å². The molecule has 3 aliphatic rings. The molecule has 3 nitrogen and oxygen atoms in total. The molecule has 0 aromatic heterocycles. The Bertz CT molecular complexity index is 678. The molecule has 128 valence electrons. The smallest absolute Gasteiger partial charge is 0.399 e. The largest absolute Gasteiger partial charge is 0.495 e. The van der Waals surface area contributed by atoms with Gasteiger partial charge in [0.1, 0.15) is 11.7 Å². The third kappa shape index (κ3) is 2.16. The third-order valence-electron chi connectivity index (χ3n) is 6.17. The van der Waals surface area contributed by atoms with Crippen molar-refractivity contribution in [1.29, 1.82) is 0 Å². The fraction of sp³-hybridized carbons (Fsp3) is 0.600. The maximum atomic E-state index is 6.41. The van der Waals surface area contributed by atoms with Crippen LogP contribution < -0.4 is 5.46 Å². The van der Waals surface area contributed by atoms with E-state index in [1.807, 2.05) is 0 Å². The fourth-order valence-corrected chi connectivity index (χ4v) is 4.02. The van der Waals surface area contributed by atoms with E-state index in [-0.39, 0.29) is 30.0 Å². The van der Waals surface area contributed by atoms with E-state index in [4.69, 9.17) is 14.0 Å². The van der Waals surface area contributed by atoms with Crippen molar-refractivity contribution in [3.05, 3.63) is 41.5 Å².